The molecule has 2 N–H and O–H groups in total. The fourth-order valence-electron chi connectivity index (χ4n) is 5.24. The summed E-state index contributed by atoms with van der Waals surface area (Å²) in [5.74, 6) is 1.12. The molecule has 4 aromatic carbocycles. The zero-order valence-corrected chi connectivity index (χ0v) is 24.8. The zero-order valence-electron chi connectivity index (χ0n) is 24.0. The number of hydrogen-bond acceptors (Lipinski definition) is 7. The standard InChI is InChI=1S/C35H29N5O3S/c1-42-34-17-26(9-12-33(34)43-19-27-20-44-22-37-27)25-8-10-28-30(16-25)38-29-11-7-23(15-31(29)39-35(28)41)13-14-40-18-32(36-21-40)24-5-3-2-4-6-24/h2-12,15-18,20-22,38H,13-14,19H2,1H3,(H,39,41). The Bertz CT molecular complexity index is 1940. The maximum Gasteiger partial charge on any atom is 0.257 e. The van der Waals surface area contributed by atoms with Crippen LogP contribution in [0.4, 0.5) is 17.1 Å². The Labute approximate surface area is 259 Å². The number of fused-ring (bicyclic) bond motifs is 2. The van der Waals surface area contributed by atoms with Gasteiger partial charge in [-0.3, -0.25) is 4.79 Å². The van der Waals surface area contributed by atoms with Gasteiger partial charge in [-0.2, -0.15) is 0 Å². The van der Waals surface area contributed by atoms with Crippen molar-refractivity contribution < 1.29 is 14.3 Å². The minimum atomic E-state index is -0.152. The van der Waals surface area contributed by atoms with E-state index in [0.29, 0.717) is 23.7 Å². The quantitative estimate of drug-likeness (QED) is 0.176. The van der Waals surface area contributed by atoms with Crippen LogP contribution in [0.5, 0.6) is 11.5 Å². The van der Waals surface area contributed by atoms with Crippen molar-refractivity contribution in [2.75, 3.05) is 17.7 Å². The van der Waals surface area contributed by atoms with Gasteiger partial charge in [-0.05, 0) is 59.5 Å². The minimum absolute atomic E-state index is 0.152. The summed E-state index contributed by atoms with van der Waals surface area (Å²) in [6, 6.07) is 27.9. The summed E-state index contributed by atoms with van der Waals surface area (Å²) in [6.07, 6.45) is 4.73. The number of anilines is 3. The van der Waals surface area contributed by atoms with E-state index in [4.69, 9.17) is 9.47 Å². The lowest BCUT2D eigenvalue weighted by Crippen LogP contribution is -2.11. The van der Waals surface area contributed by atoms with E-state index in [1.165, 1.54) is 11.3 Å². The second-order valence-electron chi connectivity index (χ2n) is 10.5. The molecular weight excluding hydrogens is 570 g/mol. The third kappa shape index (κ3) is 5.77. The van der Waals surface area contributed by atoms with E-state index < -0.39 is 0 Å². The van der Waals surface area contributed by atoms with E-state index in [2.05, 4.69) is 49.6 Å². The molecule has 218 valence electrons. The van der Waals surface area contributed by atoms with Crippen LogP contribution in [0, 0.1) is 0 Å². The highest BCUT2D eigenvalue weighted by Gasteiger charge is 2.20. The van der Waals surface area contributed by atoms with Crippen LogP contribution in [0.25, 0.3) is 22.4 Å². The van der Waals surface area contributed by atoms with Gasteiger partial charge in [-0.15, -0.1) is 11.3 Å². The largest absolute Gasteiger partial charge is 0.493 e. The van der Waals surface area contributed by atoms with Crippen molar-refractivity contribution in [2.45, 2.75) is 19.6 Å². The molecule has 8 nitrogen and oxygen atoms in total. The molecule has 3 heterocycles. The van der Waals surface area contributed by atoms with Gasteiger partial charge in [0, 0.05) is 23.7 Å². The normalized spacial score (nSPS) is 12.0. The second-order valence-corrected chi connectivity index (χ2v) is 11.2. The first-order valence-corrected chi connectivity index (χ1v) is 15.2. The number of hydrogen-bond donors (Lipinski definition) is 2. The lowest BCUT2D eigenvalue weighted by atomic mass is 10.0. The summed E-state index contributed by atoms with van der Waals surface area (Å²) < 4.78 is 13.7. The SMILES string of the molecule is COc1cc(-c2ccc3c(c2)Nc2ccc(CCn4cnc(-c5ccccc5)c4)cc2NC3=O)ccc1OCc1cscn1. The van der Waals surface area contributed by atoms with Crippen molar-refractivity contribution in [3.63, 3.8) is 0 Å². The molecule has 0 bridgehead atoms. The summed E-state index contributed by atoms with van der Waals surface area (Å²) >= 11 is 1.54. The van der Waals surface area contributed by atoms with Crippen molar-refractivity contribution in [1.29, 1.82) is 0 Å². The summed E-state index contributed by atoms with van der Waals surface area (Å²) in [5.41, 5.74) is 10.6. The van der Waals surface area contributed by atoms with Gasteiger partial charge in [-0.25, -0.2) is 9.97 Å². The molecule has 0 aliphatic carbocycles. The van der Waals surface area contributed by atoms with Crippen molar-refractivity contribution in [3.8, 4) is 33.9 Å². The van der Waals surface area contributed by atoms with Gasteiger partial charge in [-0.1, -0.05) is 48.5 Å². The van der Waals surface area contributed by atoms with Crippen molar-refractivity contribution in [1.82, 2.24) is 14.5 Å². The monoisotopic (exact) mass is 599 g/mol. The number of benzene rings is 4. The van der Waals surface area contributed by atoms with Crippen molar-refractivity contribution in [2.24, 2.45) is 0 Å². The molecule has 0 saturated heterocycles. The van der Waals surface area contributed by atoms with Crippen LogP contribution in [-0.4, -0.2) is 27.6 Å². The molecule has 9 heteroatoms. The highest BCUT2D eigenvalue weighted by molar-refractivity contribution is 7.07. The highest BCUT2D eigenvalue weighted by Crippen LogP contribution is 2.38. The fourth-order valence-corrected chi connectivity index (χ4v) is 5.79. The molecule has 0 fully saturated rings. The van der Waals surface area contributed by atoms with E-state index in [-0.39, 0.29) is 5.91 Å². The molecular formula is C35H29N5O3S. The topological polar surface area (TPSA) is 90.3 Å². The van der Waals surface area contributed by atoms with E-state index in [1.54, 1.807) is 12.6 Å². The molecule has 1 aliphatic heterocycles. The lowest BCUT2D eigenvalue weighted by Gasteiger charge is -2.14. The number of rotatable bonds is 9. The average molecular weight is 600 g/mol. The molecule has 1 aliphatic rings. The third-order valence-corrected chi connectivity index (χ3v) is 8.22. The van der Waals surface area contributed by atoms with Crippen molar-refractivity contribution >= 4 is 34.3 Å². The predicted molar refractivity (Wildman–Crippen MR) is 174 cm³/mol. The maximum absolute atomic E-state index is 13.3. The first-order chi connectivity index (χ1) is 21.6. The number of nitrogens with zero attached hydrogens (tertiary/aromatic N) is 3. The Kier molecular flexibility index (Phi) is 7.52. The number of aromatic nitrogens is 3. The second kappa shape index (κ2) is 12.1. The number of thiazole rings is 1. The summed E-state index contributed by atoms with van der Waals surface area (Å²) in [4.78, 5) is 22.1. The maximum atomic E-state index is 13.3. The van der Waals surface area contributed by atoms with Crippen LogP contribution in [0.1, 0.15) is 21.6 Å². The van der Waals surface area contributed by atoms with E-state index in [0.717, 1.165) is 63.7 Å². The molecule has 1 amide bonds. The number of imidazole rings is 1. The van der Waals surface area contributed by atoms with Gasteiger partial charge in [0.25, 0.3) is 5.91 Å². The van der Waals surface area contributed by atoms with Gasteiger partial charge in [0.2, 0.25) is 0 Å². The van der Waals surface area contributed by atoms with Gasteiger partial charge in [0.15, 0.2) is 11.5 Å². The summed E-state index contributed by atoms with van der Waals surface area (Å²) in [6.45, 7) is 1.15. The molecule has 0 radical (unpaired) electrons. The van der Waals surface area contributed by atoms with Crippen LogP contribution in [-0.2, 0) is 19.6 Å². The first-order valence-electron chi connectivity index (χ1n) is 14.2. The molecule has 0 unspecified atom stereocenters. The van der Waals surface area contributed by atoms with Gasteiger partial charge in [0.1, 0.15) is 6.61 Å². The number of methoxy groups -OCH3 is 1. The molecule has 2 aromatic heterocycles. The number of nitrogens with one attached hydrogen (secondary N) is 2. The lowest BCUT2D eigenvalue weighted by molar-refractivity contribution is 0.102. The van der Waals surface area contributed by atoms with Gasteiger partial charge < -0.3 is 24.7 Å². The number of carbonyl (C=O) groups is 1. The molecule has 0 saturated carbocycles. The van der Waals surface area contributed by atoms with Crippen LogP contribution < -0.4 is 20.1 Å². The molecule has 44 heavy (non-hydrogen) atoms. The number of aryl methyl sites for hydroxylation is 2. The van der Waals surface area contributed by atoms with E-state index in [9.17, 15) is 4.79 Å². The van der Waals surface area contributed by atoms with E-state index >= 15 is 0 Å². The Morgan fingerprint density at radius 1 is 0.818 bits per heavy atom. The van der Waals surface area contributed by atoms with Crippen molar-refractivity contribution in [3.05, 3.63) is 125 Å². The molecule has 0 spiro atoms. The average Bonchev–Trinajstić information content (AvgIpc) is 3.74. The first kappa shape index (κ1) is 27.4. The Morgan fingerprint density at radius 2 is 1.68 bits per heavy atom. The molecule has 0 atom stereocenters. The zero-order chi connectivity index (χ0) is 29.9. The molecule has 6 aromatic rings. The van der Waals surface area contributed by atoms with Crippen LogP contribution in [0.3, 0.4) is 0 Å². The third-order valence-electron chi connectivity index (χ3n) is 7.58. The highest BCUT2D eigenvalue weighted by atomic mass is 32.1. The number of carbonyl (C=O) groups excluding carboxylic acids is 1. The van der Waals surface area contributed by atoms with Crippen LogP contribution >= 0.6 is 11.3 Å². The Morgan fingerprint density at radius 3 is 2.52 bits per heavy atom. The minimum Gasteiger partial charge on any atom is -0.493 e. The van der Waals surface area contributed by atoms with Crippen LogP contribution in [0.15, 0.2) is 108 Å². The Hall–Kier alpha value is -5.41. The van der Waals surface area contributed by atoms with Gasteiger partial charge in [0.05, 0.1) is 53.0 Å². The smallest absolute Gasteiger partial charge is 0.257 e. The van der Waals surface area contributed by atoms with Gasteiger partial charge >= 0.3 is 0 Å². The summed E-state index contributed by atoms with van der Waals surface area (Å²) in [7, 11) is 1.63. The summed E-state index contributed by atoms with van der Waals surface area (Å²) in [5, 5.41) is 8.53. The fraction of sp³-hybridized carbons (Fsp3) is 0.114. The Balaban J connectivity index is 1.07. The predicted octanol–water partition coefficient (Wildman–Crippen LogP) is 7.81. The number of ether oxygens (including phenoxy) is 2. The molecule has 7 rings (SSSR count). The van der Waals surface area contributed by atoms with Crippen LogP contribution in [0.2, 0.25) is 0 Å². The van der Waals surface area contributed by atoms with E-state index in [1.807, 2.05) is 78.4 Å². The number of amides is 1.